The van der Waals surface area contributed by atoms with Crippen LogP contribution in [0.3, 0.4) is 0 Å². The predicted octanol–water partition coefficient (Wildman–Crippen LogP) is 3.70. The molecule has 0 saturated carbocycles. The Labute approximate surface area is 156 Å². The first kappa shape index (κ1) is 18.5. The van der Waals surface area contributed by atoms with Crippen LogP contribution in [0.25, 0.3) is 0 Å². The molecule has 1 amide bonds. The van der Waals surface area contributed by atoms with Gasteiger partial charge in [0.05, 0.1) is 18.8 Å². The Hall–Kier alpha value is -2.25. The molecule has 2 aromatic rings. The van der Waals surface area contributed by atoms with Crippen LogP contribution in [0.2, 0.25) is 0 Å². The number of rotatable bonds is 6. The minimum absolute atomic E-state index is 0.0565. The van der Waals surface area contributed by atoms with Crippen LogP contribution in [0.4, 0.5) is 10.1 Å². The van der Waals surface area contributed by atoms with Gasteiger partial charge in [0.2, 0.25) is 5.91 Å². The average molecular weight is 376 g/mol. The zero-order valence-corrected chi connectivity index (χ0v) is 15.5. The van der Waals surface area contributed by atoms with Crippen molar-refractivity contribution in [3.63, 3.8) is 0 Å². The molecule has 0 radical (unpaired) electrons. The second kappa shape index (κ2) is 8.42. The highest BCUT2D eigenvalue weighted by Crippen LogP contribution is 2.29. The first-order chi connectivity index (χ1) is 12.6. The number of benzene rings is 2. The molecule has 7 heteroatoms. The SMILES string of the molecule is COc1ccc(COc2cccc(F)c2)cc1NC(=O)C1CCSN1C. The molecule has 1 aliphatic rings. The van der Waals surface area contributed by atoms with Crippen molar-refractivity contribution in [2.45, 2.75) is 19.1 Å². The second-order valence-electron chi connectivity index (χ2n) is 5.95. The topological polar surface area (TPSA) is 50.8 Å². The van der Waals surface area contributed by atoms with Crippen molar-refractivity contribution in [2.75, 3.05) is 25.2 Å². The zero-order chi connectivity index (χ0) is 18.5. The maximum absolute atomic E-state index is 13.2. The van der Waals surface area contributed by atoms with Gasteiger partial charge >= 0.3 is 0 Å². The van der Waals surface area contributed by atoms with Crippen molar-refractivity contribution in [1.29, 1.82) is 0 Å². The van der Waals surface area contributed by atoms with Crippen LogP contribution in [0.5, 0.6) is 11.5 Å². The smallest absolute Gasteiger partial charge is 0.242 e. The second-order valence-corrected chi connectivity index (χ2v) is 7.20. The van der Waals surface area contributed by atoms with Gasteiger partial charge in [0.1, 0.15) is 23.9 Å². The Morgan fingerprint density at radius 3 is 2.88 bits per heavy atom. The van der Waals surface area contributed by atoms with Crippen molar-refractivity contribution in [3.8, 4) is 11.5 Å². The number of carbonyl (C=O) groups excluding carboxylic acids is 1. The number of nitrogens with one attached hydrogen (secondary N) is 1. The standard InChI is InChI=1S/C19H21FN2O3S/c1-22-17(8-9-26-22)19(23)21-16-10-13(6-7-18(16)24-2)12-25-15-5-3-4-14(20)11-15/h3-7,10-11,17H,8-9,12H2,1-2H3,(H,21,23). The van der Waals surface area contributed by atoms with Gasteiger partial charge in [-0.3, -0.25) is 4.79 Å². The van der Waals surface area contributed by atoms with Crippen LogP contribution >= 0.6 is 11.9 Å². The van der Waals surface area contributed by atoms with Gasteiger partial charge in [-0.05, 0) is 43.3 Å². The number of nitrogens with zero attached hydrogens (tertiary/aromatic N) is 1. The van der Waals surface area contributed by atoms with E-state index in [9.17, 15) is 9.18 Å². The fourth-order valence-electron chi connectivity index (χ4n) is 2.76. The Morgan fingerprint density at radius 2 is 2.19 bits per heavy atom. The third-order valence-corrected chi connectivity index (χ3v) is 5.23. The van der Waals surface area contributed by atoms with Gasteiger partial charge in [-0.1, -0.05) is 24.1 Å². The van der Waals surface area contributed by atoms with Gasteiger partial charge in [-0.25, -0.2) is 8.70 Å². The summed E-state index contributed by atoms with van der Waals surface area (Å²) in [5, 5.41) is 2.95. The summed E-state index contributed by atoms with van der Waals surface area (Å²) in [4.78, 5) is 12.5. The summed E-state index contributed by atoms with van der Waals surface area (Å²) in [5.41, 5.74) is 1.45. The molecule has 26 heavy (non-hydrogen) atoms. The van der Waals surface area contributed by atoms with Crippen molar-refractivity contribution in [3.05, 3.63) is 53.8 Å². The molecule has 0 aliphatic carbocycles. The van der Waals surface area contributed by atoms with E-state index in [1.54, 1.807) is 37.3 Å². The highest BCUT2D eigenvalue weighted by Gasteiger charge is 2.29. The average Bonchev–Trinajstić information content (AvgIpc) is 3.06. The van der Waals surface area contributed by atoms with E-state index < -0.39 is 0 Å². The molecule has 1 N–H and O–H groups in total. The molecular weight excluding hydrogens is 355 g/mol. The molecule has 1 unspecified atom stereocenters. The Balaban J connectivity index is 1.70. The molecule has 2 aromatic carbocycles. The van der Waals surface area contributed by atoms with Gasteiger partial charge in [-0.2, -0.15) is 0 Å². The molecule has 1 heterocycles. The lowest BCUT2D eigenvalue weighted by Crippen LogP contribution is -2.34. The lowest BCUT2D eigenvalue weighted by Gasteiger charge is -2.19. The van der Waals surface area contributed by atoms with Crippen LogP contribution < -0.4 is 14.8 Å². The predicted molar refractivity (Wildman–Crippen MR) is 101 cm³/mol. The molecule has 1 atom stereocenters. The van der Waals surface area contributed by atoms with Gasteiger partial charge in [0, 0.05) is 11.8 Å². The van der Waals surface area contributed by atoms with E-state index in [1.165, 1.54) is 12.1 Å². The summed E-state index contributed by atoms with van der Waals surface area (Å²) >= 11 is 1.65. The minimum Gasteiger partial charge on any atom is -0.495 e. The largest absolute Gasteiger partial charge is 0.495 e. The molecule has 0 bridgehead atoms. The normalized spacial score (nSPS) is 17.1. The van der Waals surface area contributed by atoms with Crippen LogP contribution in [0.15, 0.2) is 42.5 Å². The summed E-state index contributed by atoms with van der Waals surface area (Å²) in [6.07, 6.45) is 0.817. The molecule has 0 aromatic heterocycles. The number of ether oxygens (including phenoxy) is 2. The summed E-state index contributed by atoms with van der Waals surface area (Å²) < 4.78 is 26.2. The van der Waals surface area contributed by atoms with E-state index in [1.807, 2.05) is 23.5 Å². The van der Waals surface area contributed by atoms with E-state index in [2.05, 4.69) is 5.32 Å². The van der Waals surface area contributed by atoms with Gasteiger partial charge in [-0.15, -0.1) is 0 Å². The number of carbonyl (C=O) groups is 1. The van der Waals surface area contributed by atoms with Crippen molar-refractivity contribution < 1.29 is 18.7 Å². The lowest BCUT2D eigenvalue weighted by atomic mass is 10.1. The van der Waals surface area contributed by atoms with Crippen LogP contribution in [0.1, 0.15) is 12.0 Å². The third-order valence-electron chi connectivity index (χ3n) is 4.15. The molecule has 5 nitrogen and oxygen atoms in total. The van der Waals surface area contributed by atoms with E-state index in [0.717, 1.165) is 17.7 Å². The highest BCUT2D eigenvalue weighted by molar-refractivity contribution is 7.97. The number of likely N-dealkylation sites (N-methyl/N-ethyl adjacent to an activating group) is 1. The van der Waals surface area contributed by atoms with Gasteiger partial charge in [0.25, 0.3) is 0 Å². The Morgan fingerprint density at radius 1 is 1.35 bits per heavy atom. The molecule has 138 valence electrons. The first-order valence-corrected chi connectivity index (χ1v) is 9.23. The number of halogens is 1. The van der Waals surface area contributed by atoms with Crippen molar-refractivity contribution >= 4 is 23.5 Å². The molecule has 3 rings (SSSR count). The number of anilines is 1. The number of methoxy groups -OCH3 is 1. The van der Waals surface area contributed by atoms with E-state index in [-0.39, 0.29) is 24.4 Å². The molecule has 1 fully saturated rings. The molecule has 1 saturated heterocycles. The van der Waals surface area contributed by atoms with Gasteiger partial charge < -0.3 is 14.8 Å². The molecule has 1 aliphatic heterocycles. The zero-order valence-electron chi connectivity index (χ0n) is 14.7. The van der Waals surface area contributed by atoms with Crippen molar-refractivity contribution in [1.82, 2.24) is 4.31 Å². The Kier molecular flexibility index (Phi) is 6.00. The van der Waals surface area contributed by atoms with E-state index in [4.69, 9.17) is 9.47 Å². The third kappa shape index (κ3) is 4.47. The fourth-order valence-corrected chi connectivity index (χ4v) is 3.76. The summed E-state index contributed by atoms with van der Waals surface area (Å²) in [5.74, 6) is 1.58. The fraction of sp³-hybridized carbons (Fsp3) is 0.316. The maximum Gasteiger partial charge on any atom is 0.242 e. The molecule has 0 spiro atoms. The first-order valence-electron chi connectivity index (χ1n) is 8.28. The minimum atomic E-state index is -0.344. The number of amides is 1. The molecular formula is C19H21FN2O3S. The monoisotopic (exact) mass is 376 g/mol. The highest BCUT2D eigenvalue weighted by atomic mass is 32.2. The van der Waals surface area contributed by atoms with Gasteiger partial charge in [0.15, 0.2) is 0 Å². The Bertz CT molecular complexity index is 787. The summed E-state index contributed by atoms with van der Waals surface area (Å²) in [6.45, 7) is 0.259. The summed E-state index contributed by atoms with van der Waals surface area (Å²) in [6, 6.07) is 11.3. The van der Waals surface area contributed by atoms with Crippen molar-refractivity contribution in [2.24, 2.45) is 0 Å². The van der Waals surface area contributed by atoms with Crippen LogP contribution in [-0.2, 0) is 11.4 Å². The quantitative estimate of drug-likeness (QED) is 0.779. The van der Waals surface area contributed by atoms with Crippen LogP contribution in [-0.4, -0.2) is 36.2 Å². The summed E-state index contributed by atoms with van der Waals surface area (Å²) in [7, 11) is 3.48. The maximum atomic E-state index is 13.2. The van der Waals surface area contributed by atoms with E-state index in [0.29, 0.717) is 17.2 Å². The number of hydrogen-bond acceptors (Lipinski definition) is 5. The lowest BCUT2D eigenvalue weighted by molar-refractivity contribution is -0.119. The van der Waals surface area contributed by atoms with E-state index >= 15 is 0 Å². The number of hydrogen-bond donors (Lipinski definition) is 1. The van der Waals surface area contributed by atoms with Crippen LogP contribution in [0, 0.1) is 5.82 Å².